The number of alkyl halides is 1. The van der Waals surface area contributed by atoms with Crippen molar-refractivity contribution in [1.29, 1.82) is 5.26 Å². The Morgan fingerprint density at radius 1 is 1.82 bits per heavy atom. The van der Waals surface area contributed by atoms with E-state index < -0.39 is 5.97 Å². The quantitative estimate of drug-likeness (QED) is 0.304. The van der Waals surface area contributed by atoms with Crippen molar-refractivity contribution in [1.82, 2.24) is 0 Å². The molecule has 0 bridgehead atoms. The maximum absolute atomic E-state index is 10.7. The summed E-state index contributed by atoms with van der Waals surface area (Å²) < 4.78 is 4.35. The Morgan fingerprint density at radius 2 is 2.36 bits per heavy atom. The number of carbonyl (C=O) groups excluding carboxylic acids is 1. The Labute approximate surface area is 73.8 Å². The topological polar surface area (TPSA) is 50.1 Å². The highest BCUT2D eigenvalue weighted by Crippen LogP contribution is 2.04. The van der Waals surface area contributed by atoms with Crippen molar-refractivity contribution in [2.75, 3.05) is 7.11 Å². The van der Waals surface area contributed by atoms with Crippen LogP contribution in [0, 0.1) is 11.3 Å². The van der Waals surface area contributed by atoms with E-state index in [1.807, 2.05) is 0 Å². The lowest BCUT2D eigenvalue weighted by atomic mass is 10.2. The number of methoxy groups -OCH3 is 1. The number of esters is 1. The Morgan fingerprint density at radius 3 is 2.64 bits per heavy atom. The molecular weight excluding hydrogens is 210 g/mol. The molecule has 0 amide bonds. The van der Waals surface area contributed by atoms with Gasteiger partial charge in [0.05, 0.1) is 7.11 Å². The molecule has 0 aliphatic rings. The summed E-state index contributed by atoms with van der Waals surface area (Å²) in [5.41, 5.74) is 0.0249. The average molecular weight is 218 g/mol. The fraction of sp³-hybridized carbons (Fsp3) is 0.429. The highest BCUT2D eigenvalue weighted by molar-refractivity contribution is 9.09. The number of hydrogen-bond donors (Lipinski definition) is 0. The molecule has 0 fully saturated rings. The van der Waals surface area contributed by atoms with E-state index in [1.54, 1.807) is 13.0 Å². The van der Waals surface area contributed by atoms with Crippen LogP contribution in [0.5, 0.6) is 0 Å². The Bertz CT molecular complexity index is 215. The molecule has 1 atom stereocenters. The molecule has 0 aromatic rings. The minimum absolute atomic E-state index is 0.00347. The van der Waals surface area contributed by atoms with Gasteiger partial charge in [-0.25, -0.2) is 4.79 Å². The summed E-state index contributed by atoms with van der Waals surface area (Å²) in [6.45, 7) is 1.81. The molecule has 3 nitrogen and oxygen atoms in total. The van der Waals surface area contributed by atoms with Gasteiger partial charge in [0.15, 0.2) is 0 Å². The second-order valence-corrected chi connectivity index (χ2v) is 3.31. The Balaban J connectivity index is 4.43. The minimum Gasteiger partial charge on any atom is -0.465 e. The van der Waals surface area contributed by atoms with Gasteiger partial charge in [-0.1, -0.05) is 15.9 Å². The van der Waals surface area contributed by atoms with E-state index in [4.69, 9.17) is 5.26 Å². The lowest BCUT2D eigenvalue weighted by Crippen LogP contribution is -2.04. The molecule has 11 heavy (non-hydrogen) atoms. The molecule has 0 rings (SSSR count). The van der Waals surface area contributed by atoms with E-state index in [9.17, 15) is 4.79 Å². The number of halogens is 1. The van der Waals surface area contributed by atoms with Crippen LogP contribution in [-0.2, 0) is 9.53 Å². The van der Waals surface area contributed by atoms with Gasteiger partial charge in [-0.2, -0.15) is 5.26 Å². The SMILES string of the molecule is COC(=O)/C(C#N)=C/C(C)Br. The summed E-state index contributed by atoms with van der Waals surface area (Å²) in [7, 11) is 1.24. The van der Waals surface area contributed by atoms with Gasteiger partial charge in [-0.15, -0.1) is 0 Å². The lowest BCUT2D eigenvalue weighted by molar-refractivity contribution is -0.135. The monoisotopic (exact) mass is 217 g/mol. The van der Waals surface area contributed by atoms with Gasteiger partial charge in [-0.05, 0) is 13.0 Å². The first-order chi connectivity index (χ1) is 5.11. The van der Waals surface area contributed by atoms with Gasteiger partial charge in [0, 0.05) is 4.83 Å². The van der Waals surface area contributed by atoms with E-state index in [1.165, 1.54) is 13.2 Å². The highest BCUT2D eigenvalue weighted by atomic mass is 79.9. The average Bonchev–Trinajstić information content (AvgIpc) is 1.98. The van der Waals surface area contributed by atoms with Crippen LogP contribution in [0.2, 0.25) is 0 Å². The van der Waals surface area contributed by atoms with Crippen LogP contribution >= 0.6 is 15.9 Å². The van der Waals surface area contributed by atoms with Crippen molar-refractivity contribution in [3.63, 3.8) is 0 Å². The molecule has 0 radical (unpaired) electrons. The second kappa shape index (κ2) is 4.91. The maximum Gasteiger partial charge on any atom is 0.348 e. The summed E-state index contributed by atoms with van der Waals surface area (Å²) >= 11 is 3.18. The van der Waals surface area contributed by atoms with Crippen LogP contribution in [0.4, 0.5) is 0 Å². The number of rotatable bonds is 2. The summed E-state index contributed by atoms with van der Waals surface area (Å²) in [6, 6.07) is 1.74. The lowest BCUT2D eigenvalue weighted by Gasteiger charge is -1.96. The fourth-order valence-corrected chi connectivity index (χ4v) is 0.755. The van der Waals surface area contributed by atoms with Gasteiger partial charge in [0.1, 0.15) is 11.6 Å². The molecule has 0 aromatic carbocycles. The number of hydrogen-bond acceptors (Lipinski definition) is 3. The van der Waals surface area contributed by atoms with Crippen LogP contribution in [0.15, 0.2) is 11.6 Å². The van der Waals surface area contributed by atoms with Crippen LogP contribution < -0.4 is 0 Å². The zero-order chi connectivity index (χ0) is 8.85. The van der Waals surface area contributed by atoms with Gasteiger partial charge in [-0.3, -0.25) is 0 Å². The predicted molar refractivity (Wildman–Crippen MR) is 44.1 cm³/mol. The van der Waals surface area contributed by atoms with Gasteiger partial charge in [0.25, 0.3) is 0 Å². The van der Waals surface area contributed by atoms with E-state index in [2.05, 4.69) is 20.7 Å². The minimum atomic E-state index is -0.598. The van der Waals surface area contributed by atoms with Crippen molar-refractivity contribution in [3.05, 3.63) is 11.6 Å². The van der Waals surface area contributed by atoms with Gasteiger partial charge >= 0.3 is 5.97 Å². The number of nitrogens with zero attached hydrogens (tertiary/aromatic N) is 1. The van der Waals surface area contributed by atoms with E-state index in [0.717, 1.165) is 0 Å². The van der Waals surface area contributed by atoms with Crippen molar-refractivity contribution in [2.24, 2.45) is 0 Å². The third-order valence-electron chi connectivity index (χ3n) is 0.922. The first-order valence-electron chi connectivity index (χ1n) is 2.96. The normalized spacial score (nSPS) is 13.5. The first-order valence-corrected chi connectivity index (χ1v) is 3.87. The Kier molecular flexibility index (Phi) is 4.55. The molecule has 4 heteroatoms. The summed E-state index contributed by atoms with van der Waals surface area (Å²) in [5.74, 6) is -0.598. The van der Waals surface area contributed by atoms with Crippen LogP contribution in [0.3, 0.4) is 0 Å². The van der Waals surface area contributed by atoms with Crippen molar-refractivity contribution >= 4 is 21.9 Å². The molecular formula is C7H8BrNO2. The predicted octanol–water partition coefficient (Wildman–Crippen LogP) is 1.39. The van der Waals surface area contributed by atoms with Crippen molar-refractivity contribution in [2.45, 2.75) is 11.8 Å². The van der Waals surface area contributed by atoms with E-state index in [0.29, 0.717) is 0 Å². The van der Waals surface area contributed by atoms with Crippen LogP contribution in [0.25, 0.3) is 0 Å². The molecule has 0 N–H and O–H groups in total. The van der Waals surface area contributed by atoms with Gasteiger partial charge < -0.3 is 4.74 Å². The van der Waals surface area contributed by atoms with Gasteiger partial charge in [0.2, 0.25) is 0 Å². The molecule has 1 unspecified atom stereocenters. The first kappa shape index (κ1) is 10.2. The smallest absolute Gasteiger partial charge is 0.348 e. The number of nitriles is 1. The highest BCUT2D eigenvalue weighted by Gasteiger charge is 2.08. The molecule has 0 saturated heterocycles. The summed E-state index contributed by atoms with van der Waals surface area (Å²) in [6.07, 6.45) is 1.49. The van der Waals surface area contributed by atoms with Crippen LogP contribution in [0.1, 0.15) is 6.92 Å². The molecule has 60 valence electrons. The molecule has 0 spiro atoms. The molecule has 0 saturated carbocycles. The number of ether oxygens (including phenoxy) is 1. The zero-order valence-electron chi connectivity index (χ0n) is 6.30. The Hall–Kier alpha value is -0.820. The maximum atomic E-state index is 10.7. The third-order valence-corrected chi connectivity index (χ3v) is 1.19. The standard InChI is InChI=1S/C7H8BrNO2/c1-5(8)3-6(4-9)7(10)11-2/h3,5H,1-2H3/b6-3+. The molecule has 0 aromatic heterocycles. The van der Waals surface area contributed by atoms with E-state index in [-0.39, 0.29) is 10.4 Å². The van der Waals surface area contributed by atoms with Crippen molar-refractivity contribution < 1.29 is 9.53 Å². The number of carbonyl (C=O) groups is 1. The molecule has 0 aliphatic carbocycles. The summed E-state index contributed by atoms with van der Waals surface area (Å²) in [4.78, 5) is 10.7. The second-order valence-electron chi connectivity index (χ2n) is 1.86. The molecule has 0 aliphatic heterocycles. The molecule has 0 heterocycles. The van der Waals surface area contributed by atoms with Crippen molar-refractivity contribution in [3.8, 4) is 6.07 Å². The zero-order valence-corrected chi connectivity index (χ0v) is 7.88. The largest absolute Gasteiger partial charge is 0.465 e. The summed E-state index contributed by atoms with van der Waals surface area (Å²) in [5, 5.41) is 8.44. The third kappa shape index (κ3) is 3.79. The fourth-order valence-electron chi connectivity index (χ4n) is 0.491. The van der Waals surface area contributed by atoms with Crippen LogP contribution in [-0.4, -0.2) is 17.9 Å². The number of allylic oxidation sites excluding steroid dienone is 1. The van der Waals surface area contributed by atoms with E-state index >= 15 is 0 Å².